The largest absolute Gasteiger partial charge is 0.454 e. The Labute approximate surface area is 584 Å². The average molecular weight is 1300 g/mol. The molecule has 0 aliphatic carbocycles. The van der Waals surface area contributed by atoms with Crippen molar-refractivity contribution in [1.82, 2.24) is 18.3 Å². The van der Waals surface area contributed by atoms with Gasteiger partial charge in [-0.3, -0.25) is 0 Å². The van der Waals surface area contributed by atoms with Gasteiger partial charge in [0.2, 0.25) is 0 Å². The van der Waals surface area contributed by atoms with Crippen LogP contribution < -0.4 is 0 Å². The molecule has 22 rings (SSSR count). The third-order valence-electron chi connectivity index (χ3n) is 21.6. The maximum Gasteiger partial charge on any atom is 0.160 e. The molecule has 6 heteroatoms. The second kappa shape index (κ2) is 21.9. The lowest BCUT2D eigenvalue weighted by Gasteiger charge is -2.13. The van der Waals surface area contributed by atoms with Crippen molar-refractivity contribution in [3.63, 3.8) is 0 Å². The first-order valence-corrected chi connectivity index (χ1v) is 35.0. The summed E-state index contributed by atoms with van der Waals surface area (Å²) in [6.45, 7) is 0. The fourth-order valence-corrected chi connectivity index (χ4v) is 17.0. The molecule has 102 heavy (non-hydrogen) atoms. The Bertz CT molecular complexity index is 7130. The molecule has 22 aromatic rings. The van der Waals surface area contributed by atoms with Crippen LogP contribution in [-0.4, -0.2) is 18.3 Å². The molecule has 6 nitrogen and oxygen atoms in total. The normalized spacial score (nSPS) is 12.1. The fourth-order valence-electron chi connectivity index (χ4n) is 17.0. The van der Waals surface area contributed by atoms with Crippen LogP contribution >= 0.6 is 0 Å². The van der Waals surface area contributed by atoms with Gasteiger partial charge >= 0.3 is 0 Å². The molecule has 0 unspecified atom stereocenters. The minimum atomic E-state index is 0.849. The number of rotatable bonds is 9. The number of nitrogens with zero attached hydrogens (tertiary/aromatic N) is 4. The molecule has 0 aliphatic rings. The van der Waals surface area contributed by atoms with Gasteiger partial charge in [0.05, 0.1) is 44.1 Å². The van der Waals surface area contributed by atoms with E-state index in [-0.39, 0.29) is 0 Å². The zero-order valence-corrected chi connectivity index (χ0v) is 55.1. The molecule has 6 heterocycles. The molecule has 0 radical (unpaired) electrons. The predicted molar refractivity (Wildman–Crippen MR) is 426 cm³/mol. The molecule has 0 bridgehead atoms. The maximum absolute atomic E-state index is 7.32. The van der Waals surface area contributed by atoms with Crippen LogP contribution in [0.25, 0.3) is 209 Å². The number of hydrogen-bond donors (Lipinski definition) is 0. The van der Waals surface area contributed by atoms with E-state index in [1.165, 1.54) is 49.1 Å². The highest BCUT2D eigenvalue weighted by molar-refractivity contribution is 6.29. The van der Waals surface area contributed by atoms with Crippen LogP contribution in [0.2, 0.25) is 0 Å². The summed E-state index contributed by atoms with van der Waals surface area (Å²) >= 11 is 0. The van der Waals surface area contributed by atoms with E-state index in [1.54, 1.807) is 0 Å². The molecule has 0 saturated heterocycles. The summed E-state index contributed by atoms with van der Waals surface area (Å²) < 4.78 is 23.8. The molecule has 0 aliphatic heterocycles. The summed E-state index contributed by atoms with van der Waals surface area (Å²) in [5, 5.41) is 13.9. The standard InChI is InChI=1S/C96H58N4O2/c1-3-18-59(19-4-1)65-43-55-89-80(56-65)77-54-53-76-73-24-9-14-30-85(73)99(93(76)95(77)101-89)69-48-38-63(39-49-69)62-36-46-68(47-37-62)98-86-31-15-10-25-78(86)91-75(27-17-33-88(91)98)81-58-82-74-52-42-66(60-20-5-2-6-21-60)57-90(74)102-96(82)94-92(81)79-26-11-16-32-87(79)100(94)70-50-40-64(41-51-70)61-34-44-67(45-35-61)97-83-28-12-7-22-71(83)72-23-8-13-29-84(72)97/h1-58H. The summed E-state index contributed by atoms with van der Waals surface area (Å²) in [5.41, 5.74) is 28.3. The molecule has 0 amide bonds. The van der Waals surface area contributed by atoms with Gasteiger partial charge in [-0.05, 0) is 177 Å². The number of furan rings is 2. The number of fused-ring (bicyclic) bond motifs is 20. The summed E-state index contributed by atoms with van der Waals surface area (Å²) in [4.78, 5) is 0. The number of aromatic nitrogens is 4. The second-order valence-corrected chi connectivity index (χ2v) is 27.0. The van der Waals surface area contributed by atoms with Crippen molar-refractivity contribution >= 4 is 131 Å². The highest BCUT2D eigenvalue weighted by Gasteiger charge is 2.27. The molecule has 0 atom stereocenters. The Balaban J connectivity index is 0.664. The van der Waals surface area contributed by atoms with E-state index in [2.05, 4.69) is 370 Å². The Hall–Kier alpha value is -13.7. The zero-order valence-electron chi connectivity index (χ0n) is 55.1. The van der Waals surface area contributed by atoms with Gasteiger partial charge in [-0.15, -0.1) is 0 Å². The van der Waals surface area contributed by atoms with E-state index in [1.807, 2.05) is 0 Å². The van der Waals surface area contributed by atoms with E-state index < -0.39 is 0 Å². The topological polar surface area (TPSA) is 46.0 Å². The Kier molecular flexibility index (Phi) is 12.1. The molecule has 0 N–H and O–H groups in total. The van der Waals surface area contributed by atoms with Crippen molar-refractivity contribution in [2.24, 2.45) is 0 Å². The summed E-state index contributed by atoms with van der Waals surface area (Å²) in [6.07, 6.45) is 0. The third-order valence-corrected chi connectivity index (χ3v) is 21.6. The van der Waals surface area contributed by atoms with E-state index in [9.17, 15) is 0 Å². The number of benzene rings is 16. The van der Waals surface area contributed by atoms with Gasteiger partial charge in [0.25, 0.3) is 0 Å². The third kappa shape index (κ3) is 8.35. The highest BCUT2D eigenvalue weighted by Crippen LogP contribution is 2.50. The summed E-state index contributed by atoms with van der Waals surface area (Å²) in [7, 11) is 0. The van der Waals surface area contributed by atoms with Crippen molar-refractivity contribution in [2.45, 2.75) is 0 Å². The van der Waals surface area contributed by atoms with Crippen LogP contribution in [0, 0.1) is 0 Å². The smallest absolute Gasteiger partial charge is 0.160 e. The van der Waals surface area contributed by atoms with Gasteiger partial charge in [0, 0.05) is 87.4 Å². The molecule has 6 aromatic heterocycles. The van der Waals surface area contributed by atoms with Crippen LogP contribution in [0.1, 0.15) is 0 Å². The van der Waals surface area contributed by atoms with Crippen molar-refractivity contribution in [3.05, 3.63) is 352 Å². The van der Waals surface area contributed by atoms with Gasteiger partial charge in [0.15, 0.2) is 11.2 Å². The van der Waals surface area contributed by atoms with Gasteiger partial charge in [-0.2, -0.15) is 0 Å². The van der Waals surface area contributed by atoms with Crippen LogP contribution in [0.3, 0.4) is 0 Å². The van der Waals surface area contributed by atoms with Crippen molar-refractivity contribution in [3.8, 4) is 78.4 Å². The monoisotopic (exact) mass is 1300 g/mol. The van der Waals surface area contributed by atoms with Gasteiger partial charge < -0.3 is 27.1 Å². The fraction of sp³-hybridized carbons (Fsp3) is 0. The second-order valence-electron chi connectivity index (χ2n) is 27.0. The van der Waals surface area contributed by atoms with E-state index in [4.69, 9.17) is 8.83 Å². The Morgan fingerprint density at radius 3 is 1.12 bits per heavy atom. The maximum atomic E-state index is 7.32. The van der Waals surface area contributed by atoms with Crippen LogP contribution in [-0.2, 0) is 0 Å². The first kappa shape index (κ1) is 56.3. The lowest BCUT2D eigenvalue weighted by molar-refractivity contribution is 0.671. The first-order chi connectivity index (χ1) is 50.6. The van der Waals surface area contributed by atoms with E-state index in [0.29, 0.717) is 0 Å². The van der Waals surface area contributed by atoms with E-state index in [0.717, 1.165) is 160 Å². The van der Waals surface area contributed by atoms with Crippen molar-refractivity contribution < 1.29 is 8.83 Å². The van der Waals surface area contributed by atoms with Gasteiger partial charge in [-0.25, -0.2) is 0 Å². The SMILES string of the molecule is c1ccc(-c2ccc3c(c2)oc2c3cc(-c3cccc4c3c3ccccc3n4-c3ccc(-c4ccc(-n5c6ccccc6c6ccc7c8cc(-c9ccccc9)ccc8oc7c65)cc4)cc3)c3c4ccccc4n(-c4ccc(-c5ccc(-n6c7ccccc7c7ccccc76)cc5)cc4)c23)cc1. The Morgan fingerprint density at radius 1 is 0.176 bits per heavy atom. The average Bonchev–Trinajstić information content (AvgIpc) is 1.54. The molecule has 0 saturated carbocycles. The zero-order chi connectivity index (χ0) is 66.7. The van der Waals surface area contributed by atoms with Gasteiger partial charge in [0.1, 0.15) is 11.2 Å². The van der Waals surface area contributed by atoms with E-state index >= 15 is 0 Å². The lowest BCUT2D eigenvalue weighted by atomic mass is 9.93. The molecular weight excluding hydrogens is 1240 g/mol. The molecular formula is C96H58N4O2. The predicted octanol–water partition coefficient (Wildman–Crippen LogP) is 26.2. The summed E-state index contributed by atoms with van der Waals surface area (Å²) in [6, 6.07) is 128. The first-order valence-electron chi connectivity index (χ1n) is 35.0. The molecule has 0 spiro atoms. The molecule has 0 fully saturated rings. The highest BCUT2D eigenvalue weighted by atomic mass is 16.3. The molecule has 474 valence electrons. The number of hydrogen-bond acceptors (Lipinski definition) is 2. The van der Waals surface area contributed by atoms with Crippen LogP contribution in [0.5, 0.6) is 0 Å². The minimum Gasteiger partial charge on any atom is -0.454 e. The molecule has 16 aromatic carbocycles. The number of para-hydroxylation sites is 5. The summed E-state index contributed by atoms with van der Waals surface area (Å²) in [5.74, 6) is 0. The van der Waals surface area contributed by atoms with Crippen LogP contribution in [0.4, 0.5) is 0 Å². The van der Waals surface area contributed by atoms with Gasteiger partial charge in [-0.1, -0.05) is 231 Å². The van der Waals surface area contributed by atoms with Crippen LogP contribution in [0.15, 0.2) is 361 Å². The quantitative estimate of drug-likeness (QED) is 0.145. The lowest BCUT2D eigenvalue weighted by Crippen LogP contribution is -1.95. The minimum absolute atomic E-state index is 0.849. The van der Waals surface area contributed by atoms with Crippen molar-refractivity contribution in [2.75, 3.05) is 0 Å². The Morgan fingerprint density at radius 2 is 0.549 bits per heavy atom. The van der Waals surface area contributed by atoms with Crippen molar-refractivity contribution in [1.29, 1.82) is 0 Å².